The van der Waals surface area contributed by atoms with E-state index in [1.807, 2.05) is 24.3 Å². The highest BCUT2D eigenvalue weighted by molar-refractivity contribution is 9.10. The minimum atomic E-state index is 0.160. The van der Waals surface area contributed by atoms with Gasteiger partial charge in [-0.3, -0.25) is 0 Å². The van der Waals surface area contributed by atoms with Gasteiger partial charge in [0.1, 0.15) is 0 Å². The van der Waals surface area contributed by atoms with Crippen molar-refractivity contribution in [2.75, 3.05) is 4.90 Å². The van der Waals surface area contributed by atoms with Crippen LogP contribution in [0.25, 0.3) is 0 Å². The van der Waals surface area contributed by atoms with Crippen molar-refractivity contribution in [2.45, 2.75) is 34.6 Å². The van der Waals surface area contributed by atoms with Gasteiger partial charge < -0.3 is 9.64 Å². The summed E-state index contributed by atoms with van der Waals surface area (Å²) in [6.07, 6.45) is 4.39. The van der Waals surface area contributed by atoms with Gasteiger partial charge >= 0.3 is 0 Å². The van der Waals surface area contributed by atoms with E-state index in [2.05, 4.69) is 95.7 Å². The van der Waals surface area contributed by atoms with Crippen LogP contribution in [0.15, 0.2) is 68.8 Å². The monoisotopic (exact) mass is 475 g/mol. The van der Waals surface area contributed by atoms with Gasteiger partial charge in [0.15, 0.2) is 11.5 Å². The van der Waals surface area contributed by atoms with Crippen LogP contribution in [-0.2, 0) is 0 Å². The summed E-state index contributed by atoms with van der Waals surface area (Å²) >= 11 is 7.08. The maximum atomic E-state index is 6.16. The van der Waals surface area contributed by atoms with Gasteiger partial charge in [-0.25, -0.2) is 0 Å². The highest BCUT2D eigenvalue weighted by atomic mass is 79.9. The van der Waals surface area contributed by atoms with E-state index in [0.717, 1.165) is 37.5 Å². The lowest BCUT2D eigenvalue weighted by Gasteiger charge is -2.33. The fourth-order valence-electron chi connectivity index (χ4n) is 2.71. The largest absolute Gasteiger partial charge is 0.453 e. The molecular formula is C22H23Br2NO. The Balaban J connectivity index is 2.12. The standard InChI is InChI=1S/C22H23Br2NO/c1-14(22(3,4)5)6-7-15(2)25-18-10-8-16(23)12-20(18)26-21-13-17(24)9-11-19(21)25/h6-13H,1-5H3. The van der Waals surface area contributed by atoms with Crippen molar-refractivity contribution < 1.29 is 4.74 Å². The third kappa shape index (κ3) is 3.91. The first-order chi connectivity index (χ1) is 12.2. The number of ether oxygens (including phenoxy) is 1. The molecule has 2 nitrogen and oxygen atoms in total. The average molecular weight is 477 g/mol. The molecule has 4 heteroatoms. The van der Waals surface area contributed by atoms with Gasteiger partial charge in [-0.2, -0.15) is 0 Å². The molecule has 0 aliphatic carbocycles. The van der Waals surface area contributed by atoms with Crippen LogP contribution in [0, 0.1) is 5.41 Å². The fraction of sp³-hybridized carbons (Fsp3) is 0.273. The van der Waals surface area contributed by atoms with Crippen LogP contribution in [0.2, 0.25) is 0 Å². The SMILES string of the molecule is CC(=CC=C(C)C(C)(C)C)N1c2ccc(Br)cc2Oc2cc(Br)ccc21. The minimum absolute atomic E-state index is 0.160. The molecular weight excluding hydrogens is 454 g/mol. The first-order valence-corrected chi connectivity index (χ1v) is 10.2. The molecule has 0 spiro atoms. The van der Waals surface area contributed by atoms with Gasteiger partial charge in [0, 0.05) is 14.6 Å². The normalized spacial score (nSPS) is 14.7. The molecule has 1 heterocycles. The maximum absolute atomic E-state index is 6.16. The Hall–Kier alpha value is -1.52. The van der Waals surface area contributed by atoms with Crippen molar-refractivity contribution in [3.63, 3.8) is 0 Å². The van der Waals surface area contributed by atoms with E-state index in [-0.39, 0.29) is 5.41 Å². The molecule has 0 radical (unpaired) electrons. The lowest BCUT2D eigenvalue weighted by molar-refractivity contribution is 0.475. The van der Waals surface area contributed by atoms with Crippen molar-refractivity contribution in [1.82, 2.24) is 0 Å². The Morgan fingerprint density at radius 3 is 1.85 bits per heavy atom. The third-order valence-corrected chi connectivity index (χ3v) is 5.64. The molecule has 0 N–H and O–H groups in total. The topological polar surface area (TPSA) is 12.5 Å². The van der Waals surface area contributed by atoms with Crippen LogP contribution in [0.5, 0.6) is 11.5 Å². The molecule has 0 saturated carbocycles. The van der Waals surface area contributed by atoms with Gasteiger partial charge in [0.2, 0.25) is 0 Å². The van der Waals surface area contributed by atoms with Gasteiger partial charge in [-0.1, -0.05) is 64.3 Å². The summed E-state index contributed by atoms with van der Waals surface area (Å²) in [4.78, 5) is 2.25. The number of allylic oxidation sites excluding steroid dienone is 4. The Bertz CT molecular complexity index is 855. The smallest absolute Gasteiger partial charge is 0.152 e. The molecule has 26 heavy (non-hydrogen) atoms. The average Bonchev–Trinajstić information content (AvgIpc) is 2.56. The number of rotatable bonds is 2. The van der Waals surface area contributed by atoms with E-state index in [0.29, 0.717) is 0 Å². The molecule has 0 bridgehead atoms. The van der Waals surface area contributed by atoms with Crippen molar-refractivity contribution in [1.29, 1.82) is 0 Å². The molecule has 0 fully saturated rings. The van der Waals surface area contributed by atoms with Crippen molar-refractivity contribution in [3.8, 4) is 11.5 Å². The van der Waals surface area contributed by atoms with E-state index in [9.17, 15) is 0 Å². The van der Waals surface area contributed by atoms with Gasteiger partial charge in [0.05, 0.1) is 11.4 Å². The molecule has 2 aromatic rings. The van der Waals surface area contributed by atoms with Crippen LogP contribution in [0.4, 0.5) is 11.4 Å². The molecule has 0 atom stereocenters. The summed E-state index contributed by atoms with van der Waals surface area (Å²) in [5, 5.41) is 0. The Morgan fingerprint density at radius 2 is 1.38 bits per heavy atom. The number of hydrogen-bond donors (Lipinski definition) is 0. The summed E-state index contributed by atoms with van der Waals surface area (Å²) in [5.74, 6) is 1.68. The van der Waals surface area contributed by atoms with Gasteiger partial charge in [0.25, 0.3) is 0 Å². The molecule has 0 aromatic heterocycles. The molecule has 0 amide bonds. The molecule has 0 saturated heterocycles. The van der Waals surface area contributed by atoms with E-state index in [1.165, 1.54) is 5.57 Å². The van der Waals surface area contributed by atoms with E-state index in [4.69, 9.17) is 4.74 Å². The first kappa shape index (κ1) is 19.2. The summed E-state index contributed by atoms with van der Waals surface area (Å²) in [6.45, 7) is 11.0. The second kappa shape index (κ2) is 7.24. The Labute approximate surface area is 172 Å². The number of hydrogen-bond acceptors (Lipinski definition) is 2. The quantitative estimate of drug-likeness (QED) is 0.403. The second-order valence-corrected chi connectivity index (χ2v) is 9.40. The third-order valence-electron chi connectivity index (χ3n) is 4.66. The maximum Gasteiger partial charge on any atom is 0.152 e. The molecule has 1 aliphatic heterocycles. The summed E-state index contributed by atoms with van der Waals surface area (Å²) in [5.41, 5.74) is 4.73. The molecule has 0 unspecified atom stereocenters. The second-order valence-electron chi connectivity index (χ2n) is 7.57. The zero-order valence-electron chi connectivity index (χ0n) is 15.7. The van der Waals surface area contributed by atoms with Gasteiger partial charge in [-0.15, -0.1) is 0 Å². The Morgan fingerprint density at radius 1 is 0.885 bits per heavy atom. The van der Waals surface area contributed by atoms with E-state index < -0.39 is 0 Å². The highest BCUT2D eigenvalue weighted by Gasteiger charge is 2.26. The first-order valence-electron chi connectivity index (χ1n) is 8.59. The lowest BCUT2D eigenvalue weighted by Crippen LogP contribution is -2.19. The number of anilines is 2. The Kier molecular flexibility index (Phi) is 5.36. The van der Waals surface area contributed by atoms with Crippen LogP contribution < -0.4 is 9.64 Å². The van der Waals surface area contributed by atoms with E-state index in [1.54, 1.807) is 0 Å². The molecule has 1 aliphatic rings. The van der Waals surface area contributed by atoms with Crippen LogP contribution in [-0.4, -0.2) is 0 Å². The highest BCUT2D eigenvalue weighted by Crippen LogP contribution is 2.49. The van der Waals surface area contributed by atoms with Crippen molar-refractivity contribution in [2.24, 2.45) is 5.41 Å². The number of nitrogens with zero attached hydrogens (tertiary/aromatic N) is 1. The fourth-order valence-corrected chi connectivity index (χ4v) is 3.39. The summed E-state index contributed by atoms with van der Waals surface area (Å²) in [6, 6.07) is 12.3. The molecule has 3 rings (SSSR count). The van der Waals surface area contributed by atoms with Crippen LogP contribution >= 0.6 is 31.9 Å². The lowest BCUT2D eigenvalue weighted by atomic mass is 9.87. The van der Waals surface area contributed by atoms with Crippen molar-refractivity contribution >= 4 is 43.2 Å². The number of fused-ring (bicyclic) bond motifs is 2. The van der Waals surface area contributed by atoms with Crippen molar-refractivity contribution in [3.05, 3.63) is 68.8 Å². The van der Waals surface area contributed by atoms with Crippen LogP contribution in [0.3, 0.4) is 0 Å². The summed E-state index contributed by atoms with van der Waals surface area (Å²) < 4.78 is 8.15. The van der Waals surface area contributed by atoms with Gasteiger partial charge in [-0.05, 0) is 61.7 Å². The minimum Gasteiger partial charge on any atom is -0.453 e. The zero-order valence-corrected chi connectivity index (χ0v) is 18.9. The number of halogens is 2. The predicted molar refractivity (Wildman–Crippen MR) is 117 cm³/mol. The molecule has 136 valence electrons. The number of benzene rings is 2. The summed E-state index contributed by atoms with van der Waals surface area (Å²) in [7, 11) is 0. The van der Waals surface area contributed by atoms with Crippen LogP contribution in [0.1, 0.15) is 34.6 Å². The zero-order chi connectivity index (χ0) is 19.1. The van der Waals surface area contributed by atoms with E-state index >= 15 is 0 Å². The predicted octanol–water partition coefficient (Wildman–Crippen LogP) is 8.35. The molecule has 2 aromatic carbocycles.